The van der Waals surface area contributed by atoms with Gasteiger partial charge in [0.2, 0.25) is 0 Å². The Labute approximate surface area is 211 Å². The van der Waals surface area contributed by atoms with Crippen LogP contribution in [-0.4, -0.2) is 49.1 Å². The summed E-state index contributed by atoms with van der Waals surface area (Å²) >= 11 is 1.58. The lowest BCUT2D eigenvalue weighted by molar-refractivity contribution is 0.0981. The summed E-state index contributed by atoms with van der Waals surface area (Å²) in [5.74, 6) is 0.498. The van der Waals surface area contributed by atoms with Gasteiger partial charge in [-0.15, -0.1) is 12.4 Å². The summed E-state index contributed by atoms with van der Waals surface area (Å²) in [5, 5.41) is 2.79. The highest BCUT2D eigenvalue weighted by Crippen LogP contribution is 2.34. The third-order valence-corrected chi connectivity index (χ3v) is 7.15. The lowest BCUT2D eigenvalue weighted by atomic mass is 10.0. The van der Waals surface area contributed by atoms with Crippen LogP contribution in [0.5, 0.6) is 5.75 Å². The molecule has 1 aromatic heterocycles. The zero-order chi connectivity index (χ0) is 23.5. The fourth-order valence-electron chi connectivity index (χ4n) is 4.24. The van der Waals surface area contributed by atoms with Gasteiger partial charge < -0.3 is 9.64 Å². The van der Waals surface area contributed by atoms with Crippen molar-refractivity contribution in [3.8, 4) is 5.75 Å². The van der Waals surface area contributed by atoms with Crippen molar-refractivity contribution in [2.24, 2.45) is 0 Å². The van der Waals surface area contributed by atoms with Gasteiger partial charge in [-0.05, 0) is 67.0 Å². The molecular formula is C27H32ClN3O2S. The number of methoxy groups -OCH3 is 1. The van der Waals surface area contributed by atoms with E-state index < -0.39 is 0 Å². The molecule has 0 bridgehead atoms. The highest BCUT2D eigenvalue weighted by molar-refractivity contribution is 7.22. The van der Waals surface area contributed by atoms with Crippen LogP contribution in [0.1, 0.15) is 35.3 Å². The Morgan fingerprint density at radius 3 is 2.32 bits per heavy atom. The van der Waals surface area contributed by atoms with Crippen LogP contribution in [0.2, 0.25) is 0 Å². The van der Waals surface area contributed by atoms with Gasteiger partial charge >= 0.3 is 0 Å². The summed E-state index contributed by atoms with van der Waals surface area (Å²) < 4.78 is 6.75. The highest BCUT2D eigenvalue weighted by Gasteiger charge is 2.25. The smallest absolute Gasteiger partial charge is 0.263 e. The minimum absolute atomic E-state index is 0. The third kappa shape index (κ3) is 5.19. The number of ether oxygens (including phenoxy) is 1. The monoisotopic (exact) mass is 497 g/mol. The molecule has 0 unspecified atom stereocenters. The largest absolute Gasteiger partial charge is 0.496 e. The number of nitrogens with zero attached hydrogens (tertiary/aromatic N) is 3. The Morgan fingerprint density at radius 1 is 1.00 bits per heavy atom. The maximum atomic E-state index is 14.0. The molecule has 180 valence electrons. The molecule has 0 radical (unpaired) electrons. The van der Waals surface area contributed by atoms with E-state index in [1.165, 1.54) is 5.56 Å². The highest BCUT2D eigenvalue weighted by atomic mass is 35.5. The van der Waals surface area contributed by atoms with E-state index in [9.17, 15) is 4.79 Å². The van der Waals surface area contributed by atoms with Crippen molar-refractivity contribution in [2.45, 2.75) is 27.7 Å². The van der Waals surface area contributed by atoms with Crippen molar-refractivity contribution in [1.29, 1.82) is 0 Å². The molecule has 0 saturated carbocycles. The molecule has 4 rings (SSSR count). The van der Waals surface area contributed by atoms with Crippen LogP contribution >= 0.6 is 23.7 Å². The first-order chi connectivity index (χ1) is 15.9. The second kappa shape index (κ2) is 11.2. The van der Waals surface area contributed by atoms with Gasteiger partial charge in [-0.1, -0.05) is 55.5 Å². The SMILES string of the molecule is CCN(CC)CCN(C(=O)c1cc2ccccc2cc1OC)c1nc2c(C)cc(C)cc2s1.Cl. The molecule has 0 aliphatic rings. The number of carbonyl (C=O) groups is 1. The number of halogens is 1. The number of aromatic nitrogens is 1. The van der Waals surface area contributed by atoms with Gasteiger partial charge in [0.05, 0.1) is 22.9 Å². The first-order valence-corrected chi connectivity index (χ1v) is 12.3. The van der Waals surface area contributed by atoms with Crippen LogP contribution in [0, 0.1) is 13.8 Å². The number of amides is 1. The number of benzene rings is 3. The standard InChI is InChI=1S/C27H31N3O2S.ClH/c1-6-29(7-2)12-13-30(27-28-25-19(4)14-18(3)15-24(25)33-27)26(31)22-16-20-10-8-9-11-21(20)17-23(22)32-5;/h8-11,14-17H,6-7,12-13H2,1-5H3;1H. The molecule has 1 amide bonds. The zero-order valence-corrected chi connectivity index (χ0v) is 22.1. The van der Waals surface area contributed by atoms with Gasteiger partial charge in [-0.3, -0.25) is 9.69 Å². The fourth-order valence-corrected chi connectivity index (χ4v) is 5.41. The van der Waals surface area contributed by atoms with Gasteiger partial charge in [0.1, 0.15) is 5.75 Å². The van der Waals surface area contributed by atoms with Gasteiger partial charge in [-0.2, -0.15) is 0 Å². The second-order valence-corrected chi connectivity index (χ2v) is 9.32. The van der Waals surface area contributed by atoms with E-state index >= 15 is 0 Å². The van der Waals surface area contributed by atoms with Crippen molar-refractivity contribution in [2.75, 3.05) is 38.2 Å². The van der Waals surface area contributed by atoms with Crippen LogP contribution in [0.15, 0.2) is 48.5 Å². The molecule has 0 aliphatic heterocycles. The molecule has 7 heteroatoms. The predicted octanol–water partition coefficient (Wildman–Crippen LogP) is 6.49. The van der Waals surface area contributed by atoms with Crippen LogP contribution in [0.25, 0.3) is 21.0 Å². The number of hydrogen-bond donors (Lipinski definition) is 0. The molecule has 1 heterocycles. The molecule has 0 atom stereocenters. The Morgan fingerprint density at radius 2 is 1.68 bits per heavy atom. The number of hydrogen-bond acceptors (Lipinski definition) is 5. The number of aryl methyl sites for hydroxylation is 2. The maximum Gasteiger partial charge on any atom is 0.263 e. The summed E-state index contributed by atoms with van der Waals surface area (Å²) in [4.78, 5) is 23.0. The number of rotatable bonds is 8. The Hall–Kier alpha value is -2.67. The minimum atomic E-state index is -0.0850. The quantitative estimate of drug-likeness (QED) is 0.279. The van der Waals surface area contributed by atoms with Crippen molar-refractivity contribution in [3.05, 3.63) is 65.2 Å². The minimum Gasteiger partial charge on any atom is -0.496 e. The lowest BCUT2D eigenvalue weighted by Crippen LogP contribution is -2.39. The van der Waals surface area contributed by atoms with E-state index in [0.717, 1.165) is 51.3 Å². The summed E-state index contributed by atoms with van der Waals surface area (Å²) in [6.07, 6.45) is 0. The topological polar surface area (TPSA) is 45.7 Å². The van der Waals surface area contributed by atoms with Crippen molar-refractivity contribution in [1.82, 2.24) is 9.88 Å². The summed E-state index contributed by atoms with van der Waals surface area (Å²) in [6.45, 7) is 11.7. The lowest BCUT2D eigenvalue weighted by Gasteiger charge is -2.25. The fraction of sp³-hybridized carbons (Fsp3) is 0.333. The van der Waals surface area contributed by atoms with E-state index in [4.69, 9.17) is 9.72 Å². The zero-order valence-electron chi connectivity index (χ0n) is 20.4. The molecule has 3 aromatic carbocycles. The average molecular weight is 498 g/mol. The summed E-state index contributed by atoms with van der Waals surface area (Å²) in [5.41, 5.74) is 3.86. The van der Waals surface area contributed by atoms with Crippen LogP contribution in [0.4, 0.5) is 5.13 Å². The Balaban J connectivity index is 0.00000324. The van der Waals surface area contributed by atoms with Gasteiger partial charge in [0, 0.05) is 13.1 Å². The average Bonchev–Trinajstić information content (AvgIpc) is 3.24. The Bertz CT molecular complexity index is 1300. The normalized spacial score (nSPS) is 11.1. The molecule has 0 aliphatic carbocycles. The molecule has 5 nitrogen and oxygen atoms in total. The maximum absolute atomic E-state index is 14.0. The predicted molar refractivity (Wildman–Crippen MR) is 146 cm³/mol. The van der Waals surface area contributed by atoms with Crippen LogP contribution in [-0.2, 0) is 0 Å². The van der Waals surface area contributed by atoms with Crippen LogP contribution < -0.4 is 9.64 Å². The van der Waals surface area contributed by atoms with Gasteiger partial charge in [0.25, 0.3) is 5.91 Å². The Kier molecular flexibility index (Phi) is 8.52. The molecular weight excluding hydrogens is 466 g/mol. The molecule has 0 saturated heterocycles. The van der Waals surface area contributed by atoms with Gasteiger partial charge in [-0.25, -0.2) is 4.98 Å². The number of carbonyl (C=O) groups excluding carboxylic acids is 1. The number of thiazole rings is 1. The number of anilines is 1. The van der Waals surface area contributed by atoms with E-state index in [1.807, 2.05) is 41.3 Å². The second-order valence-electron chi connectivity index (χ2n) is 8.31. The van der Waals surface area contributed by atoms with Gasteiger partial charge in [0.15, 0.2) is 5.13 Å². The molecule has 0 N–H and O–H groups in total. The van der Waals surface area contributed by atoms with Crippen molar-refractivity contribution in [3.63, 3.8) is 0 Å². The molecule has 4 aromatic rings. The molecule has 0 spiro atoms. The van der Waals surface area contributed by atoms with E-state index in [-0.39, 0.29) is 18.3 Å². The number of fused-ring (bicyclic) bond motifs is 2. The summed E-state index contributed by atoms with van der Waals surface area (Å²) in [6, 6.07) is 16.2. The first kappa shape index (κ1) is 25.9. The third-order valence-electron chi connectivity index (χ3n) is 6.13. The molecule has 34 heavy (non-hydrogen) atoms. The number of likely N-dealkylation sites (N-methyl/N-ethyl adjacent to an activating group) is 1. The first-order valence-electron chi connectivity index (χ1n) is 11.4. The molecule has 0 fully saturated rings. The van der Waals surface area contributed by atoms with Crippen molar-refractivity contribution < 1.29 is 9.53 Å². The van der Waals surface area contributed by atoms with E-state index in [2.05, 4.69) is 44.7 Å². The van der Waals surface area contributed by atoms with Crippen LogP contribution in [0.3, 0.4) is 0 Å². The summed E-state index contributed by atoms with van der Waals surface area (Å²) in [7, 11) is 1.62. The van der Waals surface area contributed by atoms with E-state index in [1.54, 1.807) is 18.4 Å². The van der Waals surface area contributed by atoms with Crippen molar-refractivity contribution >= 4 is 55.8 Å². The van der Waals surface area contributed by atoms with E-state index in [0.29, 0.717) is 17.9 Å².